The molecule has 1 spiro atoms. The second-order valence-electron chi connectivity index (χ2n) is 12.0. The van der Waals surface area contributed by atoms with Gasteiger partial charge < -0.3 is 29.7 Å². The van der Waals surface area contributed by atoms with Crippen LogP contribution >= 0.6 is 15.9 Å². The molecule has 7 rings (SSSR count). The van der Waals surface area contributed by atoms with E-state index in [1.54, 1.807) is 29.0 Å². The number of hydrogen-bond donors (Lipinski definition) is 2. The van der Waals surface area contributed by atoms with Gasteiger partial charge in [0.05, 0.1) is 24.6 Å². The van der Waals surface area contributed by atoms with Gasteiger partial charge in [-0.15, -0.1) is 5.10 Å². The van der Waals surface area contributed by atoms with Gasteiger partial charge in [-0.1, -0.05) is 75.8 Å². The molecule has 2 saturated heterocycles. The van der Waals surface area contributed by atoms with Crippen LogP contribution < -0.4 is 5.32 Å². The molecule has 0 radical (unpaired) electrons. The van der Waals surface area contributed by atoms with Crippen molar-refractivity contribution in [2.45, 2.75) is 43.4 Å². The van der Waals surface area contributed by atoms with Crippen molar-refractivity contribution in [3.8, 4) is 0 Å². The van der Waals surface area contributed by atoms with E-state index in [0.29, 0.717) is 27.5 Å². The van der Waals surface area contributed by atoms with Gasteiger partial charge in [0.2, 0.25) is 11.8 Å². The summed E-state index contributed by atoms with van der Waals surface area (Å²) in [4.78, 5) is 58.7. The molecule has 1 aromatic heterocycles. The lowest BCUT2D eigenvalue weighted by molar-refractivity contribution is -0.160. The normalized spacial score (nSPS) is 30.3. The third-order valence-corrected chi connectivity index (χ3v) is 9.93. The van der Waals surface area contributed by atoms with Gasteiger partial charge in [-0.05, 0) is 30.2 Å². The van der Waals surface area contributed by atoms with Crippen LogP contribution in [0.15, 0.2) is 77.3 Å². The van der Waals surface area contributed by atoms with E-state index >= 15 is 0 Å². The van der Waals surface area contributed by atoms with Crippen LogP contribution in [0, 0.1) is 11.8 Å². The highest BCUT2D eigenvalue weighted by Crippen LogP contribution is 2.59. The second kappa shape index (κ2) is 12.7. The molecule has 5 bridgehead atoms. The Hall–Kier alpha value is -4.40. The number of aliphatic hydroxyl groups excluding tert-OH is 1. The first kappa shape index (κ1) is 31.2. The number of nitrogens with zero attached hydrogens (tertiary/aromatic N) is 5. The fourth-order valence-corrected chi connectivity index (χ4v) is 7.87. The Bertz CT molecular complexity index is 1780. The quantitative estimate of drug-likeness (QED) is 0.299. The van der Waals surface area contributed by atoms with E-state index in [0.717, 1.165) is 0 Å². The molecule has 3 amide bonds. The molecule has 2 aromatic carbocycles. The molecule has 0 aliphatic carbocycles. The summed E-state index contributed by atoms with van der Waals surface area (Å²) >= 11 is 3.55. The standard InChI is InChI=1S/C33H33BrN6O7/c34-21-17-33-27-26(28(21)47-33)32(45)46-24(20-9-3-1-4-10-20)18-35-25(42)13-5-2-8-14-38(31(44)29(33)39(15-16-41)30(27)43)19-40-23-12-7-6-11-22(23)36-37-40/h1-4,6-12,17,24,26-29,41H,5,13-16,18-19H2,(H,35,42)/b8-2-/t24-,26-,27+,28-,29-,33+/m1/s1. The molecule has 3 aromatic rings. The molecular formula is C33H33BrN6O7. The van der Waals surface area contributed by atoms with Crippen molar-refractivity contribution in [1.29, 1.82) is 0 Å². The third-order valence-electron chi connectivity index (χ3n) is 9.25. The zero-order valence-electron chi connectivity index (χ0n) is 25.3. The van der Waals surface area contributed by atoms with Crippen molar-refractivity contribution in [2.24, 2.45) is 11.8 Å². The number of aromatic nitrogens is 3. The molecular weight excluding hydrogens is 672 g/mol. The van der Waals surface area contributed by atoms with Gasteiger partial charge >= 0.3 is 5.97 Å². The van der Waals surface area contributed by atoms with Crippen LogP contribution in [0.4, 0.5) is 0 Å². The monoisotopic (exact) mass is 704 g/mol. The summed E-state index contributed by atoms with van der Waals surface area (Å²) < 4.78 is 14.7. The lowest BCUT2D eigenvalue weighted by Crippen LogP contribution is -2.56. The molecule has 6 atom stereocenters. The second-order valence-corrected chi connectivity index (χ2v) is 12.9. The van der Waals surface area contributed by atoms with Gasteiger partial charge in [-0.3, -0.25) is 19.2 Å². The summed E-state index contributed by atoms with van der Waals surface area (Å²) in [6.45, 7) is -0.368. The molecule has 2 fully saturated rings. The first-order valence-electron chi connectivity index (χ1n) is 15.5. The van der Waals surface area contributed by atoms with E-state index < -0.39 is 60.1 Å². The number of cyclic esters (lactones) is 1. The van der Waals surface area contributed by atoms with Gasteiger partial charge in [0.1, 0.15) is 42.0 Å². The van der Waals surface area contributed by atoms with Crippen molar-refractivity contribution in [1.82, 2.24) is 30.1 Å². The molecule has 2 N–H and O–H groups in total. The minimum Gasteiger partial charge on any atom is -0.455 e. The number of carbonyl (C=O) groups is 4. The maximum Gasteiger partial charge on any atom is 0.313 e. The average Bonchev–Trinajstić information content (AvgIpc) is 3.79. The molecule has 244 valence electrons. The zero-order chi connectivity index (χ0) is 32.7. The number of para-hydroxylation sites is 1. The number of nitrogens with one attached hydrogen (secondary N) is 1. The van der Waals surface area contributed by atoms with E-state index in [2.05, 4.69) is 31.6 Å². The third kappa shape index (κ3) is 5.43. The van der Waals surface area contributed by atoms with Crippen LogP contribution in [0.25, 0.3) is 11.0 Å². The van der Waals surface area contributed by atoms with Gasteiger partial charge in [0, 0.05) is 24.0 Å². The van der Waals surface area contributed by atoms with E-state index in [4.69, 9.17) is 9.47 Å². The van der Waals surface area contributed by atoms with Crippen molar-refractivity contribution in [2.75, 3.05) is 26.2 Å². The molecule has 13 nitrogen and oxygen atoms in total. The Morgan fingerprint density at radius 1 is 1.02 bits per heavy atom. The molecule has 14 heteroatoms. The molecule has 5 heterocycles. The topological polar surface area (TPSA) is 156 Å². The summed E-state index contributed by atoms with van der Waals surface area (Å²) in [5.41, 5.74) is 0.555. The minimum atomic E-state index is -1.49. The lowest BCUT2D eigenvalue weighted by Gasteiger charge is -2.35. The highest BCUT2D eigenvalue weighted by molar-refractivity contribution is 9.11. The summed E-state index contributed by atoms with van der Waals surface area (Å²) in [6.07, 6.45) is 4.24. The predicted molar refractivity (Wildman–Crippen MR) is 170 cm³/mol. The highest BCUT2D eigenvalue weighted by Gasteiger charge is 2.75. The summed E-state index contributed by atoms with van der Waals surface area (Å²) in [5.74, 6) is -3.99. The summed E-state index contributed by atoms with van der Waals surface area (Å²) in [7, 11) is 0. The van der Waals surface area contributed by atoms with Crippen LogP contribution in [-0.4, -0.2) is 97.6 Å². The molecule has 0 unspecified atom stereocenters. The van der Waals surface area contributed by atoms with Crippen LogP contribution in [0.3, 0.4) is 0 Å². The number of allylic oxidation sites excluding steroid dienone is 1. The fourth-order valence-electron chi connectivity index (χ4n) is 7.13. The first-order valence-corrected chi connectivity index (χ1v) is 16.3. The van der Waals surface area contributed by atoms with E-state index in [9.17, 15) is 24.3 Å². The Morgan fingerprint density at radius 2 is 1.81 bits per heavy atom. The SMILES string of the molecule is O=C1CC/C=C\CN(Cn2nnc3ccccc32)C(=O)[C@H]2N(CCO)C(=O)[C@@H]3[C@@H](C(=O)O[C@@H](c4ccccc4)CN1)[C@@H]1O[C@@]32C=C1Br. The number of aliphatic hydroxyl groups is 1. The van der Waals surface area contributed by atoms with E-state index in [1.165, 1.54) is 9.80 Å². The van der Waals surface area contributed by atoms with Crippen molar-refractivity contribution >= 4 is 50.7 Å². The van der Waals surface area contributed by atoms with E-state index in [-0.39, 0.29) is 38.6 Å². The zero-order valence-corrected chi connectivity index (χ0v) is 26.9. The Kier molecular flexibility index (Phi) is 8.41. The molecule has 47 heavy (non-hydrogen) atoms. The number of benzene rings is 2. The number of fused-ring (bicyclic) bond motifs is 3. The molecule has 0 saturated carbocycles. The summed E-state index contributed by atoms with van der Waals surface area (Å²) in [6, 6.07) is 15.2. The minimum absolute atomic E-state index is 0.00110. The van der Waals surface area contributed by atoms with Crippen LogP contribution in [0.5, 0.6) is 0 Å². The number of β-amino-alcohol motifs (C(OH)–C–C–N with tert-alkyl or cyclic N) is 1. The van der Waals surface area contributed by atoms with E-state index in [1.807, 2.05) is 48.5 Å². The van der Waals surface area contributed by atoms with Crippen LogP contribution in [0.2, 0.25) is 0 Å². The van der Waals surface area contributed by atoms with Gasteiger partial charge in [-0.2, -0.15) is 0 Å². The average molecular weight is 706 g/mol. The lowest BCUT2D eigenvalue weighted by atomic mass is 9.74. The van der Waals surface area contributed by atoms with Gasteiger partial charge in [0.15, 0.2) is 0 Å². The number of halogens is 1. The largest absolute Gasteiger partial charge is 0.455 e. The van der Waals surface area contributed by atoms with Crippen LogP contribution in [-0.2, 0) is 35.3 Å². The maximum absolute atomic E-state index is 14.7. The maximum atomic E-state index is 14.7. The summed E-state index contributed by atoms with van der Waals surface area (Å²) in [5, 5.41) is 21.4. The number of hydrogen-bond acceptors (Lipinski definition) is 9. The molecule has 4 aliphatic rings. The number of likely N-dealkylation sites (tertiary alicyclic amines) is 1. The number of esters is 1. The number of amides is 3. The Balaban J connectivity index is 1.30. The Morgan fingerprint density at radius 3 is 2.62 bits per heavy atom. The van der Waals surface area contributed by atoms with Crippen LogP contribution in [0.1, 0.15) is 24.5 Å². The predicted octanol–water partition coefficient (Wildman–Crippen LogP) is 1.83. The van der Waals surface area contributed by atoms with Gasteiger partial charge in [0.25, 0.3) is 5.91 Å². The smallest absolute Gasteiger partial charge is 0.313 e. The van der Waals surface area contributed by atoms with Gasteiger partial charge in [-0.25, -0.2) is 4.68 Å². The van der Waals surface area contributed by atoms with Crippen molar-refractivity contribution in [3.63, 3.8) is 0 Å². The number of rotatable bonds is 5. The Labute approximate surface area is 278 Å². The highest BCUT2D eigenvalue weighted by atomic mass is 79.9. The van der Waals surface area contributed by atoms with Crippen molar-refractivity contribution < 1.29 is 33.8 Å². The number of carbonyl (C=O) groups excluding carboxylic acids is 4. The fraction of sp³-hybridized carbons (Fsp3) is 0.394. The molecule has 4 aliphatic heterocycles. The number of ether oxygens (including phenoxy) is 2. The van der Waals surface area contributed by atoms with Crippen molar-refractivity contribution in [3.05, 3.63) is 82.9 Å². The first-order chi connectivity index (χ1) is 22.8.